The summed E-state index contributed by atoms with van der Waals surface area (Å²) in [6.07, 6.45) is 1.20. The Kier molecular flexibility index (Phi) is 3.24. The van der Waals surface area contributed by atoms with Gasteiger partial charge in [0.1, 0.15) is 5.82 Å². The van der Waals surface area contributed by atoms with Crippen molar-refractivity contribution in [2.24, 2.45) is 0 Å². The smallest absolute Gasteiger partial charge is 0.125 e. The molecular formula is C12H12Cl2N2S. The highest BCUT2D eigenvalue weighted by atomic mass is 35.5. The molecule has 0 N–H and O–H groups in total. The predicted molar refractivity (Wildman–Crippen MR) is 75.3 cm³/mol. The lowest BCUT2D eigenvalue weighted by atomic mass is 10.2. The number of rotatable bonds is 2. The van der Waals surface area contributed by atoms with E-state index in [9.17, 15) is 0 Å². The molecule has 0 spiro atoms. The van der Waals surface area contributed by atoms with Crippen molar-refractivity contribution < 1.29 is 0 Å². The van der Waals surface area contributed by atoms with Crippen LogP contribution >= 0.6 is 35.0 Å². The molecule has 0 bridgehead atoms. The third kappa shape index (κ3) is 2.05. The first-order chi connectivity index (χ1) is 8.29. The number of hydrogen-bond acceptors (Lipinski definition) is 2. The molecule has 90 valence electrons. The Bertz CT molecular complexity index is 547. The molecule has 1 aromatic heterocycles. The van der Waals surface area contributed by atoms with Gasteiger partial charge in [-0.15, -0.1) is 11.6 Å². The average Bonchev–Trinajstić information content (AvgIpc) is 2.93. The maximum absolute atomic E-state index is 6.00. The lowest BCUT2D eigenvalue weighted by Crippen LogP contribution is -2.10. The van der Waals surface area contributed by atoms with Gasteiger partial charge in [-0.3, -0.25) is 0 Å². The van der Waals surface area contributed by atoms with E-state index in [4.69, 9.17) is 23.2 Å². The van der Waals surface area contributed by atoms with Crippen molar-refractivity contribution in [2.75, 3.05) is 11.5 Å². The fraction of sp³-hybridized carbons (Fsp3) is 0.417. The highest BCUT2D eigenvalue weighted by molar-refractivity contribution is 7.99. The first kappa shape index (κ1) is 11.7. The number of alkyl halides is 1. The Balaban J connectivity index is 2.19. The summed E-state index contributed by atoms with van der Waals surface area (Å²) in [6, 6.07) is 6.40. The maximum atomic E-state index is 6.00. The second kappa shape index (κ2) is 4.71. The van der Waals surface area contributed by atoms with E-state index in [2.05, 4.69) is 9.55 Å². The Labute approximate surface area is 114 Å². The molecule has 0 radical (unpaired) electrons. The van der Waals surface area contributed by atoms with Gasteiger partial charge in [0, 0.05) is 16.8 Å². The minimum Gasteiger partial charge on any atom is -0.323 e. The van der Waals surface area contributed by atoms with Crippen molar-refractivity contribution in [3.63, 3.8) is 0 Å². The van der Waals surface area contributed by atoms with Gasteiger partial charge >= 0.3 is 0 Å². The summed E-state index contributed by atoms with van der Waals surface area (Å²) >= 11 is 14.0. The van der Waals surface area contributed by atoms with Gasteiger partial charge in [-0.2, -0.15) is 11.8 Å². The molecule has 2 aromatic rings. The van der Waals surface area contributed by atoms with Gasteiger partial charge in [0.2, 0.25) is 0 Å². The molecule has 0 aliphatic carbocycles. The van der Waals surface area contributed by atoms with E-state index in [0.29, 0.717) is 11.9 Å². The summed E-state index contributed by atoms with van der Waals surface area (Å²) in [4.78, 5) is 4.57. The molecule has 1 unspecified atom stereocenters. The fourth-order valence-corrected chi connectivity index (χ4v) is 3.90. The van der Waals surface area contributed by atoms with Crippen molar-refractivity contribution in [1.82, 2.24) is 9.55 Å². The van der Waals surface area contributed by atoms with Crippen LogP contribution in [-0.2, 0) is 5.88 Å². The number of imidazole rings is 1. The molecule has 0 amide bonds. The van der Waals surface area contributed by atoms with Crippen molar-refractivity contribution >= 4 is 46.0 Å². The minimum atomic E-state index is 0.452. The third-order valence-electron chi connectivity index (χ3n) is 3.11. The molecule has 1 aromatic carbocycles. The monoisotopic (exact) mass is 286 g/mol. The zero-order chi connectivity index (χ0) is 11.8. The maximum Gasteiger partial charge on any atom is 0.125 e. The average molecular weight is 287 g/mol. The van der Waals surface area contributed by atoms with E-state index in [1.54, 1.807) is 0 Å². The number of nitrogens with zero attached hydrogens (tertiary/aromatic N) is 2. The van der Waals surface area contributed by atoms with E-state index < -0.39 is 0 Å². The number of hydrogen-bond donors (Lipinski definition) is 0. The molecular weight excluding hydrogens is 275 g/mol. The van der Waals surface area contributed by atoms with Crippen LogP contribution < -0.4 is 0 Å². The molecule has 2 nitrogen and oxygen atoms in total. The minimum absolute atomic E-state index is 0.452. The van der Waals surface area contributed by atoms with Gasteiger partial charge in [0.05, 0.1) is 16.9 Å². The van der Waals surface area contributed by atoms with Crippen LogP contribution in [0.25, 0.3) is 11.0 Å². The van der Waals surface area contributed by atoms with E-state index in [-0.39, 0.29) is 0 Å². The van der Waals surface area contributed by atoms with Crippen LogP contribution in [0.4, 0.5) is 0 Å². The van der Waals surface area contributed by atoms with Crippen molar-refractivity contribution in [3.8, 4) is 0 Å². The van der Waals surface area contributed by atoms with E-state index >= 15 is 0 Å². The largest absolute Gasteiger partial charge is 0.323 e. The zero-order valence-corrected chi connectivity index (χ0v) is 11.5. The first-order valence-corrected chi connectivity index (χ1v) is 7.66. The molecule has 2 heterocycles. The molecule has 5 heteroatoms. The van der Waals surface area contributed by atoms with Crippen molar-refractivity contribution in [2.45, 2.75) is 18.3 Å². The molecule has 1 aliphatic rings. The summed E-state index contributed by atoms with van der Waals surface area (Å²) in [5.41, 5.74) is 2.10. The second-order valence-electron chi connectivity index (χ2n) is 4.18. The van der Waals surface area contributed by atoms with Gasteiger partial charge in [-0.05, 0) is 30.4 Å². The van der Waals surface area contributed by atoms with E-state index in [0.717, 1.165) is 27.6 Å². The topological polar surface area (TPSA) is 17.8 Å². The fourth-order valence-electron chi connectivity index (χ4n) is 2.35. The molecule has 17 heavy (non-hydrogen) atoms. The zero-order valence-electron chi connectivity index (χ0n) is 9.20. The lowest BCUT2D eigenvalue weighted by molar-refractivity contribution is 0.558. The highest BCUT2D eigenvalue weighted by Crippen LogP contribution is 2.33. The molecule has 1 saturated heterocycles. The van der Waals surface area contributed by atoms with Crippen molar-refractivity contribution in [3.05, 3.63) is 29.0 Å². The Hall–Kier alpha value is -0.380. The lowest BCUT2D eigenvalue weighted by Gasteiger charge is -2.14. The molecule has 3 rings (SSSR count). The SMILES string of the molecule is ClCc1nc2cc(Cl)ccc2n1C1CCSC1. The molecule has 1 fully saturated rings. The Morgan fingerprint density at radius 3 is 3.06 bits per heavy atom. The summed E-state index contributed by atoms with van der Waals surface area (Å²) in [7, 11) is 0. The van der Waals surface area contributed by atoms with Crippen LogP contribution in [0, 0.1) is 0 Å². The third-order valence-corrected chi connectivity index (χ3v) is 4.73. The van der Waals surface area contributed by atoms with E-state index in [1.165, 1.54) is 12.2 Å². The van der Waals surface area contributed by atoms with Gasteiger partial charge in [0.15, 0.2) is 0 Å². The summed E-state index contributed by atoms with van der Waals surface area (Å²) in [6.45, 7) is 0. The van der Waals surface area contributed by atoms with Crippen LogP contribution in [0.2, 0.25) is 5.02 Å². The number of aromatic nitrogens is 2. The molecule has 1 aliphatic heterocycles. The van der Waals surface area contributed by atoms with Crippen LogP contribution in [0.3, 0.4) is 0 Å². The first-order valence-electron chi connectivity index (χ1n) is 5.59. The van der Waals surface area contributed by atoms with Crippen molar-refractivity contribution in [1.29, 1.82) is 0 Å². The number of halogens is 2. The normalized spacial score (nSPS) is 20.2. The highest BCUT2D eigenvalue weighted by Gasteiger charge is 2.22. The number of thioether (sulfide) groups is 1. The van der Waals surface area contributed by atoms with Gasteiger partial charge in [-0.25, -0.2) is 4.98 Å². The number of fused-ring (bicyclic) bond motifs is 1. The van der Waals surface area contributed by atoms with Gasteiger partial charge in [0.25, 0.3) is 0 Å². The van der Waals surface area contributed by atoms with Gasteiger partial charge < -0.3 is 4.57 Å². The van der Waals surface area contributed by atoms with Crippen LogP contribution in [0.5, 0.6) is 0 Å². The standard InChI is InChI=1S/C12H12Cl2N2S/c13-6-12-15-10-5-8(14)1-2-11(10)16(12)9-3-4-17-7-9/h1-2,5,9H,3-4,6-7H2. The predicted octanol–water partition coefficient (Wildman–Crippen LogP) is 4.11. The van der Waals surface area contributed by atoms with E-state index in [1.807, 2.05) is 30.0 Å². The number of benzene rings is 1. The molecule has 1 atom stereocenters. The Morgan fingerprint density at radius 1 is 1.47 bits per heavy atom. The summed E-state index contributed by atoms with van der Waals surface area (Å²) < 4.78 is 2.29. The molecule has 0 saturated carbocycles. The summed E-state index contributed by atoms with van der Waals surface area (Å²) in [5.74, 6) is 3.78. The van der Waals surface area contributed by atoms with Crippen LogP contribution in [0.1, 0.15) is 18.3 Å². The van der Waals surface area contributed by atoms with Crippen LogP contribution in [-0.4, -0.2) is 21.1 Å². The summed E-state index contributed by atoms with van der Waals surface area (Å²) in [5, 5.41) is 0.726. The van der Waals surface area contributed by atoms with Gasteiger partial charge in [-0.1, -0.05) is 11.6 Å². The quantitative estimate of drug-likeness (QED) is 0.774. The second-order valence-corrected chi connectivity index (χ2v) is 6.04. The Morgan fingerprint density at radius 2 is 2.35 bits per heavy atom. The van der Waals surface area contributed by atoms with Crippen LogP contribution in [0.15, 0.2) is 18.2 Å².